The van der Waals surface area contributed by atoms with Crippen LogP contribution in [0.1, 0.15) is 16.8 Å². The normalized spacial score (nSPS) is 10.8. The van der Waals surface area contributed by atoms with Crippen LogP contribution in [0.15, 0.2) is 64.3 Å². The van der Waals surface area contributed by atoms with Crippen molar-refractivity contribution in [2.45, 2.75) is 11.3 Å². The topological polar surface area (TPSA) is 62.0 Å². The molecule has 0 aliphatic carbocycles. The number of rotatable bonds is 6. The number of fused-ring (bicyclic) bond motifs is 1. The first-order valence-corrected chi connectivity index (χ1v) is 8.91. The number of hydrogen-bond donors (Lipinski definition) is 2. The van der Waals surface area contributed by atoms with E-state index in [4.69, 9.17) is 0 Å². The lowest BCUT2D eigenvalue weighted by atomic mass is 10.1. The molecule has 0 spiro atoms. The number of aromatic amines is 1. The number of aromatic nitrogens is 1. The first-order chi connectivity index (χ1) is 12.1. The van der Waals surface area contributed by atoms with Gasteiger partial charge in [-0.3, -0.25) is 9.59 Å². The highest BCUT2D eigenvalue weighted by Gasteiger charge is 2.10. The summed E-state index contributed by atoms with van der Waals surface area (Å²) in [7, 11) is 0. The summed E-state index contributed by atoms with van der Waals surface area (Å²) in [5.41, 5.74) is 0.730. The highest BCUT2D eigenvalue weighted by molar-refractivity contribution is 7.99. The Balaban J connectivity index is 1.55. The summed E-state index contributed by atoms with van der Waals surface area (Å²) < 4.78 is 12.8. The summed E-state index contributed by atoms with van der Waals surface area (Å²) >= 11 is 1.61. The van der Waals surface area contributed by atoms with Gasteiger partial charge in [-0.1, -0.05) is 18.2 Å². The Bertz CT molecular complexity index is 938. The van der Waals surface area contributed by atoms with Gasteiger partial charge in [0.05, 0.1) is 5.56 Å². The maximum atomic E-state index is 12.8. The molecule has 25 heavy (non-hydrogen) atoms. The number of para-hydroxylation sites is 1. The van der Waals surface area contributed by atoms with Crippen LogP contribution < -0.4 is 10.9 Å². The molecule has 0 saturated heterocycles. The van der Waals surface area contributed by atoms with E-state index >= 15 is 0 Å². The largest absolute Gasteiger partial charge is 0.352 e. The molecule has 0 atom stereocenters. The van der Waals surface area contributed by atoms with Crippen molar-refractivity contribution in [3.8, 4) is 0 Å². The molecule has 0 fully saturated rings. The number of benzene rings is 2. The van der Waals surface area contributed by atoms with Crippen molar-refractivity contribution < 1.29 is 9.18 Å². The average molecular weight is 356 g/mol. The third-order valence-electron chi connectivity index (χ3n) is 3.68. The second-order valence-electron chi connectivity index (χ2n) is 5.50. The Morgan fingerprint density at radius 3 is 2.68 bits per heavy atom. The van der Waals surface area contributed by atoms with Gasteiger partial charge >= 0.3 is 0 Å². The van der Waals surface area contributed by atoms with Crippen LogP contribution >= 0.6 is 11.8 Å². The number of pyridine rings is 1. The summed E-state index contributed by atoms with van der Waals surface area (Å²) in [6.07, 6.45) is 0.773. The SMILES string of the molecule is O=C(NCCCSc1ccc(F)cc1)c1cc(=O)[nH]c2ccccc12. The van der Waals surface area contributed by atoms with Crippen LogP contribution in [-0.2, 0) is 0 Å². The van der Waals surface area contributed by atoms with Gasteiger partial charge in [0.2, 0.25) is 5.56 Å². The van der Waals surface area contributed by atoms with E-state index in [0.29, 0.717) is 17.6 Å². The monoisotopic (exact) mass is 356 g/mol. The predicted molar refractivity (Wildman–Crippen MR) is 98.6 cm³/mol. The van der Waals surface area contributed by atoms with Gasteiger partial charge in [0.1, 0.15) is 5.82 Å². The fourth-order valence-corrected chi connectivity index (χ4v) is 3.34. The summed E-state index contributed by atoms with van der Waals surface area (Å²) in [5.74, 6) is 0.304. The lowest BCUT2D eigenvalue weighted by Gasteiger charge is -2.08. The molecule has 0 aliphatic heterocycles. The fraction of sp³-hybridized carbons (Fsp3) is 0.158. The van der Waals surface area contributed by atoms with Crippen molar-refractivity contribution in [3.63, 3.8) is 0 Å². The van der Waals surface area contributed by atoms with Gasteiger partial charge in [-0.15, -0.1) is 11.8 Å². The minimum absolute atomic E-state index is 0.248. The maximum absolute atomic E-state index is 12.8. The zero-order valence-corrected chi connectivity index (χ0v) is 14.2. The molecule has 3 rings (SSSR count). The van der Waals surface area contributed by atoms with Crippen molar-refractivity contribution in [3.05, 3.63) is 76.3 Å². The molecule has 0 radical (unpaired) electrons. The van der Waals surface area contributed by atoms with Gasteiger partial charge in [0.25, 0.3) is 5.91 Å². The smallest absolute Gasteiger partial charge is 0.252 e. The van der Waals surface area contributed by atoms with E-state index in [1.807, 2.05) is 18.2 Å². The quantitative estimate of drug-likeness (QED) is 0.524. The van der Waals surface area contributed by atoms with E-state index in [1.54, 1.807) is 30.0 Å². The Kier molecular flexibility index (Phi) is 5.50. The van der Waals surface area contributed by atoms with Crippen molar-refractivity contribution in [1.29, 1.82) is 0 Å². The van der Waals surface area contributed by atoms with Crippen molar-refractivity contribution in [2.24, 2.45) is 0 Å². The first kappa shape index (κ1) is 17.2. The molecule has 1 aromatic heterocycles. The van der Waals surface area contributed by atoms with E-state index in [1.165, 1.54) is 18.2 Å². The third-order valence-corrected chi connectivity index (χ3v) is 4.78. The average Bonchev–Trinajstić information content (AvgIpc) is 2.62. The van der Waals surface area contributed by atoms with Crippen molar-refractivity contribution in [1.82, 2.24) is 10.3 Å². The second-order valence-corrected chi connectivity index (χ2v) is 6.67. The van der Waals surface area contributed by atoms with Crippen LogP contribution in [0.25, 0.3) is 10.9 Å². The number of amides is 1. The van der Waals surface area contributed by atoms with Gasteiger partial charge in [-0.2, -0.15) is 0 Å². The number of hydrogen-bond acceptors (Lipinski definition) is 3. The number of carbonyl (C=O) groups excluding carboxylic acids is 1. The molecule has 3 aromatic rings. The van der Waals surface area contributed by atoms with Gasteiger partial charge in [-0.25, -0.2) is 4.39 Å². The van der Waals surface area contributed by atoms with E-state index in [2.05, 4.69) is 10.3 Å². The number of nitrogens with one attached hydrogen (secondary N) is 2. The van der Waals surface area contributed by atoms with Gasteiger partial charge in [0.15, 0.2) is 0 Å². The van der Waals surface area contributed by atoms with E-state index in [9.17, 15) is 14.0 Å². The van der Waals surface area contributed by atoms with E-state index < -0.39 is 0 Å². The lowest BCUT2D eigenvalue weighted by Crippen LogP contribution is -2.26. The Morgan fingerprint density at radius 1 is 1.12 bits per heavy atom. The van der Waals surface area contributed by atoms with Crippen LogP contribution in [-0.4, -0.2) is 23.2 Å². The minimum atomic E-state index is -0.296. The number of carbonyl (C=O) groups is 1. The van der Waals surface area contributed by atoms with Crippen molar-refractivity contribution >= 4 is 28.6 Å². The molecule has 6 heteroatoms. The van der Waals surface area contributed by atoms with Gasteiger partial charge < -0.3 is 10.3 Å². The predicted octanol–water partition coefficient (Wildman–Crippen LogP) is 3.58. The molecule has 4 nitrogen and oxygen atoms in total. The third kappa shape index (κ3) is 4.48. The molecule has 0 unspecified atom stereocenters. The molecule has 1 amide bonds. The Morgan fingerprint density at radius 2 is 1.88 bits per heavy atom. The summed E-state index contributed by atoms with van der Waals surface area (Å²) in [5, 5.41) is 3.57. The number of halogens is 1. The molecular weight excluding hydrogens is 339 g/mol. The van der Waals surface area contributed by atoms with Gasteiger partial charge in [0, 0.05) is 28.4 Å². The van der Waals surface area contributed by atoms with Crippen LogP contribution in [0, 0.1) is 5.82 Å². The van der Waals surface area contributed by atoms with Crippen LogP contribution in [0.3, 0.4) is 0 Å². The number of thioether (sulfide) groups is 1. The van der Waals surface area contributed by atoms with Crippen molar-refractivity contribution in [2.75, 3.05) is 12.3 Å². The van der Waals surface area contributed by atoms with Crippen LogP contribution in [0.5, 0.6) is 0 Å². The summed E-state index contributed by atoms with van der Waals surface area (Å²) in [4.78, 5) is 27.8. The molecule has 128 valence electrons. The lowest BCUT2D eigenvalue weighted by molar-refractivity contribution is 0.0955. The molecule has 0 saturated carbocycles. The number of H-pyrrole nitrogens is 1. The standard InChI is InChI=1S/C19H17FN2O2S/c20-13-6-8-14(9-7-13)25-11-3-10-21-19(24)16-12-18(23)22-17-5-2-1-4-15(16)17/h1-2,4-9,12H,3,10-11H2,(H,21,24)(H,22,23). The zero-order valence-electron chi connectivity index (χ0n) is 13.4. The van der Waals surface area contributed by atoms with Crippen LogP contribution in [0.4, 0.5) is 4.39 Å². The second kappa shape index (κ2) is 7.98. The summed E-state index contributed by atoms with van der Waals surface area (Å²) in [6.45, 7) is 0.508. The fourth-order valence-electron chi connectivity index (χ4n) is 2.48. The molecule has 2 aromatic carbocycles. The highest BCUT2D eigenvalue weighted by atomic mass is 32.2. The molecule has 0 aliphatic rings. The Labute approximate surface area is 148 Å². The molecule has 2 N–H and O–H groups in total. The van der Waals surface area contributed by atoms with Crippen LogP contribution in [0.2, 0.25) is 0 Å². The maximum Gasteiger partial charge on any atom is 0.252 e. The minimum Gasteiger partial charge on any atom is -0.352 e. The molecule has 1 heterocycles. The summed E-state index contributed by atoms with van der Waals surface area (Å²) in [6, 6.07) is 14.9. The van der Waals surface area contributed by atoms with Gasteiger partial charge in [-0.05, 0) is 42.5 Å². The van der Waals surface area contributed by atoms with E-state index in [0.717, 1.165) is 22.5 Å². The van der Waals surface area contributed by atoms with E-state index in [-0.39, 0.29) is 17.3 Å². The zero-order chi connectivity index (χ0) is 17.6. The molecular formula is C19H17FN2O2S. The first-order valence-electron chi connectivity index (χ1n) is 7.92. The highest BCUT2D eigenvalue weighted by Crippen LogP contribution is 2.18. The Hall–Kier alpha value is -2.60. The molecule has 0 bridgehead atoms.